The summed E-state index contributed by atoms with van der Waals surface area (Å²) in [5.74, 6) is 0.251. The van der Waals surface area contributed by atoms with Crippen LogP contribution in [0, 0.1) is 0 Å². The molecule has 0 aliphatic heterocycles. The lowest BCUT2D eigenvalue weighted by Gasteiger charge is -2.03. The zero-order chi connectivity index (χ0) is 14.7. The third-order valence-corrected chi connectivity index (χ3v) is 4.28. The van der Waals surface area contributed by atoms with E-state index in [2.05, 4.69) is 15.3 Å². The number of ether oxygens (including phenoxy) is 1. The molecule has 0 spiro atoms. The van der Waals surface area contributed by atoms with Gasteiger partial charge in [0.1, 0.15) is 10.7 Å². The fraction of sp³-hybridized carbons (Fsp3) is 0.0714. The van der Waals surface area contributed by atoms with Gasteiger partial charge in [0.2, 0.25) is 5.88 Å². The summed E-state index contributed by atoms with van der Waals surface area (Å²) in [5, 5.41) is 9.34. The van der Waals surface area contributed by atoms with E-state index in [1.807, 2.05) is 16.8 Å². The topological polar surface area (TPSA) is 64.1 Å². The molecule has 1 amide bonds. The molecule has 0 fully saturated rings. The van der Waals surface area contributed by atoms with Crippen molar-refractivity contribution < 1.29 is 9.53 Å². The standard InChI is InChI=1S/C14H11N3O2S2/c1-19-12-3-2-10(6-15-12)16-13(18)11-8-21-14(17-11)9-4-5-20-7-9/h2-8H,1H3,(H,16,18). The van der Waals surface area contributed by atoms with Gasteiger partial charge in [-0.3, -0.25) is 4.79 Å². The molecule has 1 N–H and O–H groups in total. The molecule has 5 nitrogen and oxygen atoms in total. The first kappa shape index (κ1) is 13.7. The Morgan fingerprint density at radius 3 is 2.86 bits per heavy atom. The second kappa shape index (κ2) is 6.02. The normalized spacial score (nSPS) is 10.3. The number of rotatable bonds is 4. The van der Waals surface area contributed by atoms with E-state index in [0.717, 1.165) is 10.6 Å². The van der Waals surface area contributed by atoms with Crippen molar-refractivity contribution in [1.82, 2.24) is 9.97 Å². The molecule has 0 saturated heterocycles. The van der Waals surface area contributed by atoms with Crippen LogP contribution in [-0.4, -0.2) is 23.0 Å². The minimum atomic E-state index is -0.250. The lowest BCUT2D eigenvalue weighted by molar-refractivity contribution is 0.102. The summed E-state index contributed by atoms with van der Waals surface area (Å²) in [5.41, 5.74) is 2.04. The summed E-state index contributed by atoms with van der Waals surface area (Å²) in [4.78, 5) is 20.5. The zero-order valence-corrected chi connectivity index (χ0v) is 12.7. The van der Waals surface area contributed by atoms with E-state index in [1.54, 1.807) is 42.2 Å². The molecule has 3 aromatic rings. The first-order valence-corrected chi connectivity index (χ1v) is 7.88. The summed E-state index contributed by atoms with van der Waals surface area (Å²) < 4.78 is 4.97. The number of thiazole rings is 1. The second-order valence-corrected chi connectivity index (χ2v) is 5.73. The Labute approximate surface area is 129 Å². The Kier molecular flexibility index (Phi) is 3.94. The van der Waals surface area contributed by atoms with Crippen LogP contribution in [0.15, 0.2) is 40.5 Å². The smallest absolute Gasteiger partial charge is 0.275 e. The van der Waals surface area contributed by atoms with Crippen molar-refractivity contribution in [3.05, 3.63) is 46.2 Å². The minimum Gasteiger partial charge on any atom is -0.481 e. The molecule has 0 atom stereocenters. The number of carbonyl (C=O) groups excluding carboxylic acids is 1. The molecule has 21 heavy (non-hydrogen) atoms. The molecule has 0 saturated carbocycles. The molecule has 3 heterocycles. The summed E-state index contributed by atoms with van der Waals surface area (Å²) in [7, 11) is 1.54. The number of methoxy groups -OCH3 is 1. The van der Waals surface area contributed by atoms with Gasteiger partial charge in [-0.1, -0.05) is 0 Å². The van der Waals surface area contributed by atoms with E-state index in [-0.39, 0.29) is 5.91 Å². The Hall–Kier alpha value is -2.25. The molecule has 0 aliphatic rings. The summed E-state index contributed by atoms with van der Waals surface area (Å²) in [6, 6.07) is 5.40. The van der Waals surface area contributed by atoms with Crippen molar-refractivity contribution in [2.24, 2.45) is 0 Å². The van der Waals surface area contributed by atoms with Gasteiger partial charge in [0, 0.05) is 22.4 Å². The van der Waals surface area contributed by atoms with Gasteiger partial charge in [0.05, 0.1) is 19.0 Å². The highest BCUT2D eigenvalue weighted by Gasteiger charge is 2.12. The molecular formula is C14H11N3O2S2. The van der Waals surface area contributed by atoms with E-state index >= 15 is 0 Å². The minimum absolute atomic E-state index is 0.250. The van der Waals surface area contributed by atoms with Crippen LogP contribution in [0.3, 0.4) is 0 Å². The number of hydrogen-bond acceptors (Lipinski definition) is 6. The molecule has 0 aromatic carbocycles. The van der Waals surface area contributed by atoms with Gasteiger partial charge >= 0.3 is 0 Å². The molecule has 3 aromatic heterocycles. The maximum absolute atomic E-state index is 12.1. The van der Waals surface area contributed by atoms with Crippen LogP contribution in [0.25, 0.3) is 10.6 Å². The molecular weight excluding hydrogens is 306 g/mol. The predicted octanol–water partition coefficient (Wildman–Crippen LogP) is 3.53. The third-order valence-electron chi connectivity index (χ3n) is 2.71. The molecule has 7 heteroatoms. The maximum atomic E-state index is 12.1. The van der Waals surface area contributed by atoms with Crippen LogP contribution in [0.2, 0.25) is 0 Å². The van der Waals surface area contributed by atoms with Crippen molar-refractivity contribution in [3.63, 3.8) is 0 Å². The first-order chi connectivity index (χ1) is 10.3. The number of carbonyl (C=O) groups is 1. The molecule has 0 radical (unpaired) electrons. The molecule has 0 unspecified atom stereocenters. The third kappa shape index (κ3) is 3.09. The lowest BCUT2D eigenvalue weighted by atomic mass is 10.3. The van der Waals surface area contributed by atoms with Gasteiger partial charge in [-0.2, -0.15) is 11.3 Å². The number of anilines is 1. The van der Waals surface area contributed by atoms with E-state index in [4.69, 9.17) is 4.74 Å². The first-order valence-electron chi connectivity index (χ1n) is 6.06. The van der Waals surface area contributed by atoms with E-state index in [1.165, 1.54) is 11.3 Å². The van der Waals surface area contributed by atoms with E-state index < -0.39 is 0 Å². The second-order valence-electron chi connectivity index (χ2n) is 4.09. The molecule has 0 aliphatic carbocycles. The number of hydrogen-bond donors (Lipinski definition) is 1. The maximum Gasteiger partial charge on any atom is 0.275 e. The van der Waals surface area contributed by atoms with Gasteiger partial charge < -0.3 is 10.1 Å². The number of amides is 1. The van der Waals surface area contributed by atoms with E-state index in [0.29, 0.717) is 17.3 Å². The quantitative estimate of drug-likeness (QED) is 0.799. The van der Waals surface area contributed by atoms with E-state index in [9.17, 15) is 4.79 Å². The van der Waals surface area contributed by atoms with Crippen LogP contribution in [0.5, 0.6) is 5.88 Å². The van der Waals surface area contributed by atoms with Gasteiger partial charge in [0.25, 0.3) is 5.91 Å². The van der Waals surface area contributed by atoms with Gasteiger partial charge in [-0.25, -0.2) is 9.97 Å². The average molecular weight is 317 g/mol. The van der Waals surface area contributed by atoms with Crippen LogP contribution < -0.4 is 10.1 Å². The number of pyridine rings is 1. The largest absolute Gasteiger partial charge is 0.481 e. The summed E-state index contributed by atoms with van der Waals surface area (Å²) in [6.07, 6.45) is 1.54. The fourth-order valence-electron chi connectivity index (χ4n) is 1.67. The molecule has 3 rings (SSSR count). The monoisotopic (exact) mass is 317 g/mol. The van der Waals surface area contributed by atoms with Crippen LogP contribution in [0.1, 0.15) is 10.5 Å². The van der Waals surface area contributed by atoms with Crippen LogP contribution in [0.4, 0.5) is 5.69 Å². The highest BCUT2D eigenvalue weighted by atomic mass is 32.1. The van der Waals surface area contributed by atoms with Crippen molar-refractivity contribution in [1.29, 1.82) is 0 Å². The van der Waals surface area contributed by atoms with Crippen LogP contribution >= 0.6 is 22.7 Å². The summed E-state index contributed by atoms with van der Waals surface area (Å²) in [6.45, 7) is 0. The Morgan fingerprint density at radius 1 is 1.29 bits per heavy atom. The Balaban J connectivity index is 1.73. The Morgan fingerprint density at radius 2 is 2.19 bits per heavy atom. The number of nitrogens with zero attached hydrogens (tertiary/aromatic N) is 2. The van der Waals surface area contributed by atoms with Gasteiger partial charge in [-0.15, -0.1) is 11.3 Å². The van der Waals surface area contributed by atoms with Gasteiger partial charge in [-0.05, 0) is 17.5 Å². The lowest BCUT2D eigenvalue weighted by Crippen LogP contribution is -2.12. The Bertz CT molecular complexity index is 736. The predicted molar refractivity (Wildman–Crippen MR) is 84.2 cm³/mol. The van der Waals surface area contributed by atoms with Crippen molar-refractivity contribution in [3.8, 4) is 16.5 Å². The zero-order valence-electron chi connectivity index (χ0n) is 11.1. The number of nitrogens with one attached hydrogen (secondary N) is 1. The average Bonchev–Trinajstić information content (AvgIpc) is 3.19. The van der Waals surface area contributed by atoms with Crippen molar-refractivity contribution >= 4 is 34.3 Å². The van der Waals surface area contributed by atoms with Crippen molar-refractivity contribution in [2.45, 2.75) is 0 Å². The highest BCUT2D eigenvalue weighted by molar-refractivity contribution is 7.14. The van der Waals surface area contributed by atoms with Gasteiger partial charge in [0.15, 0.2) is 0 Å². The number of aromatic nitrogens is 2. The summed E-state index contributed by atoms with van der Waals surface area (Å²) >= 11 is 3.06. The van der Waals surface area contributed by atoms with Crippen LogP contribution in [-0.2, 0) is 0 Å². The number of thiophene rings is 1. The van der Waals surface area contributed by atoms with Crippen molar-refractivity contribution in [2.75, 3.05) is 12.4 Å². The molecule has 106 valence electrons. The fourth-order valence-corrected chi connectivity index (χ4v) is 3.18. The SMILES string of the molecule is COc1ccc(NC(=O)c2csc(-c3ccsc3)n2)cn1. The molecule has 0 bridgehead atoms. The highest BCUT2D eigenvalue weighted by Crippen LogP contribution is 2.26.